The Kier molecular flexibility index (Phi) is 4.93. The molecule has 1 aromatic carbocycles. The smallest absolute Gasteiger partial charge is 0.393 e. The highest BCUT2D eigenvalue weighted by molar-refractivity contribution is 9.10. The lowest BCUT2D eigenvalue weighted by atomic mass is 10.1. The number of nitrogens with one attached hydrogen (secondary N) is 1. The van der Waals surface area contributed by atoms with Gasteiger partial charge in [0, 0.05) is 11.0 Å². The number of halogens is 4. The van der Waals surface area contributed by atoms with E-state index in [1.807, 2.05) is 0 Å². The molecule has 1 aliphatic carbocycles. The number of benzene rings is 1. The molecule has 116 valence electrons. The van der Waals surface area contributed by atoms with Crippen LogP contribution in [0.2, 0.25) is 0 Å². The highest BCUT2D eigenvalue weighted by Crippen LogP contribution is 2.32. The Balaban J connectivity index is 2.04. The van der Waals surface area contributed by atoms with Crippen LogP contribution in [0.5, 0.6) is 0 Å². The van der Waals surface area contributed by atoms with Gasteiger partial charge in [0.05, 0.1) is 17.2 Å². The largest absolute Gasteiger partial charge is 0.416 e. The van der Waals surface area contributed by atoms with Crippen molar-refractivity contribution in [2.45, 2.75) is 31.5 Å². The fourth-order valence-corrected chi connectivity index (χ4v) is 2.87. The molecular formula is C14H15BrF3NO2. The van der Waals surface area contributed by atoms with Gasteiger partial charge in [0.15, 0.2) is 0 Å². The molecule has 2 unspecified atom stereocenters. The van der Waals surface area contributed by atoms with Crippen LogP contribution in [0.25, 0.3) is 0 Å². The van der Waals surface area contributed by atoms with Crippen LogP contribution in [0.1, 0.15) is 35.2 Å². The van der Waals surface area contributed by atoms with Crippen LogP contribution < -0.4 is 5.32 Å². The Morgan fingerprint density at radius 3 is 2.67 bits per heavy atom. The number of amides is 1. The van der Waals surface area contributed by atoms with Crippen molar-refractivity contribution in [3.8, 4) is 0 Å². The van der Waals surface area contributed by atoms with Crippen molar-refractivity contribution in [2.75, 3.05) is 6.54 Å². The zero-order valence-electron chi connectivity index (χ0n) is 11.1. The fourth-order valence-electron chi connectivity index (χ4n) is 2.44. The van der Waals surface area contributed by atoms with Gasteiger partial charge >= 0.3 is 6.18 Å². The van der Waals surface area contributed by atoms with E-state index in [2.05, 4.69) is 21.2 Å². The number of carbonyl (C=O) groups is 1. The van der Waals surface area contributed by atoms with Crippen molar-refractivity contribution in [2.24, 2.45) is 5.92 Å². The summed E-state index contributed by atoms with van der Waals surface area (Å²) in [5.41, 5.74) is -0.893. The second-order valence-corrected chi connectivity index (χ2v) is 6.09. The minimum Gasteiger partial charge on any atom is -0.393 e. The minimum absolute atomic E-state index is 0.0385. The van der Waals surface area contributed by atoms with Crippen molar-refractivity contribution in [3.05, 3.63) is 33.8 Å². The van der Waals surface area contributed by atoms with Crippen molar-refractivity contribution >= 4 is 21.8 Å². The average molecular weight is 366 g/mol. The van der Waals surface area contributed by atoms with E-state index in [0.717, 1.165) is 18.6 Å². The first-order chi connectivity index (χ1) is 9.77. The van der Waals surface area contributed by atoms with Gasteiger partial charge in [-0.05, 0) is 59.3 Å². The number of carbonyl (C=O) groups excluding carboxylic acids is 1. The molecule has 1 saturated carbocycles. The molecule has 1 aliphatic rings. The van der Waals surface area contributed by atoms with Crippen molar-refractivity contribution in [3.63, 3.8) is 0 Å². The number of alkyl halides is 3. The highest BCUT2D eigenvalue weighted by atomic mass is 79.9. The Morgan fingerprint density at radius 2 is 2.10 bits per heavy atom. The Labute approximate surface area is 128 Å². The second kappa shape index (κ2) is 6.36. The van der Waals surface area contributed by atoms with E-state index in [9.17, 15) is 23.1 Å². The van der Waals surface area contributed by atoms with Crippen molar-refractivity contribution in [1.29, 1.82) is 0 Å². The summed E-state index contributed by atoms with van der Waals surface area (Å²) in [6.07, 6.45) is -2.69. The Morgan fingerprint density at radius 1 is 1.38 bits per heavy atom. The molecule has 2 rings (SSSR count). The number of rotatable bonds is 3. The number of hydrogen-bond acceptors (Lipinski definition) is 2. The third-order valence-electron chi connectivity index (χ3n) is 3.60. The molecule has 0 radical (unpaired) electrons. The molecule has 0 bridgehead atoms. The number of aliphatic hydroxyl groups excluding tert-OH is 1. The molecule has 1 fully saturated rings. The fraction of sp³-hybridized carbons (Fsp3) is 0.500. The van der Waals surface area contributed by atoms with Crippen LogP contribution in [0.3, 0.4) is 0 Å². The third-order valence-corrected chi connectivity index (χ3v) is 4.29. The van der Waals surface area contributed by atoms with Crippen LogP contribution >= 0.6 is 15.9 Å². The standard InChI is InChI=1S/C14H15BrF3NO2/c15-12-4-2-9(14(16,17)18)6-11(12)13(21)19-7-8-1-3-10(20)5-8/h2,4,6,8,10,20H,1,3,5,7H2,(H,19,21). The third kappa shape index (κ3) is 4.20. The monoisotopic (exact) mass is 365 g/mol. The predicted octanol–water partition coefficient (Wildman–Crippen LogP) is 3.36. The van der Waals surface area contributed by atoms with E-state index in [4.69, 9.17) is 0 Å². The molecule has 21 heavy (non-hydrogen) atoms. The van der Waals surface area contributed by atoms with E-state index in [1.165, 1.54) is 6.07 Å². The Hall–Kier alpha value is -1.08. The number of aliphatic hydroxyl groups is 1. The van der Waals surface area contributed by atoms with Crippen LogP contribution in [0.4, 0.5) is 13.2 Å². The zero-order chi connectivity index (χ0) is 15.6. The lowest BCUT2D eigenvalue weighted by Gasteiger charge is -2.13. The van der Waals surface area contributed by atoms with Gasteiger partial charge in [-0.15, -0.1) is 0 Å². The molecule has 0 spiro atoms. The van der Waals surface area contributed by atoms with Gasteiger partial charge in [-0.2, -0.15) is 13.2 Å². The van der Waals surface area contributed by atoms with Crippen molar-refractivity contribution < 1.29 is 23.1 Å². The average Bonchev–Trinajstić information content (AvgIpc) is 2.81. The normalized spacial score (nSPS) is 22.3. The lowest BCUT2D eigenvalue weighted by molar-refractivity contribution is -0.137. The summed E-state index contributed by atoms with van der Waals surface area (Å²) in [5, 5.41) is 12.0. The SMILES string of the molecule is O=C(NCC1CCC(O)C1)c1cc(C(F)(F)F)ccc1Br. The van der Waals surface area contributed by atoms with Crippen LogP contribution in [0, 0.1) is 5.92 Å². The summed E-state index contributed by atoms with van der Waals surface area (Å²) in [6, 6.07) is 2.98. The molecule has 1 aromatic rings. The van der Waals surface area contributed by atoms with E-state index in [-0.39, 0.29) is 17.6 Å². The van der Waals surface area contributed by atoms with Gasteiger partial charge in [-0.1, -0.05) is 0 Å². The van der Waals surface area contributed by atoms with Crippen LogP contribution in [0.15, 0.2) is 22.7 Å². The molecule has 0 aliphatic heterocycles. The molecule has 0 heterocycles. The van der Waals surface area contributed by atoms with E-state index >= 15 is 0 Å². The number of hydrogen-bond donors (Lipinski definition) is 2. The quantitative estimate of drug-likeness (QED) is 0.862. The van der Waals surface area contributed by atoms with E-state index < -0.39 is 17.6 Å². The van der Waals surface area contributed by atoms with Crippen LogP contribution in [-0.2, 0) is 6.18 Å². The molecule has 1 amide bonds. The summed E-state index contributed by atoms with van der Waals surface area (Å²) in [6.45, 7) is 0.360. The topological polar surface area (TPSA) is 49.3 Å². The van der Waals surface area contributed by atoms with E-state index in [1.54, 1.807) is 0 Å². The molecular weight excluding hydrogens is 351 g/mol. The summed E-state index contributed by atoms with van der Waals surface area (Å²) in [7, 11) is 0. The summed E-state index contributed by atoms with van der Waals surface area (Å²) < 4.78 is 38.3. The highest BCUT2D eigenvalue weighted by Gasteiger charge is 2.31. The maximum atomic E-state index is 12.7. The zero-order valence-corrected chi connectivity index (χ0v) is 12.7. The Bertz CT molecular complexity index is 533. The second-order valence-electron chi connectivity index (χ2n) is 5.24. The first-order valence-electron chi connectivity index (χ1n) is 6.60. The maximum absolute atomic E-state index is 12.7. The van der Waals surface area contributed by atoms with Gasteiger partial charge in [-0.3, -0.25) is 4.79 Å². The molecule has 7 heteroatoms. The molecule has 0 saturated heterocycles. The minimum atomic E-state index is -4.48. The van der Waals surface area contributed by atoms with Gasteiger partial charge in [-0.25, -0.2) is 0 Å². The lowest BCUT2D eigenvalue weighted by Crippen LogP contribution is -2.29. The van der Waals surface area contributed by atoms with E-state index in [0.29, 0.717) is 23.9 Å². The first kappa shape index (κ1) is 16.3. The van der Waals surface area contributed by atoms with Gasteiger partial charge in [0.25, 0.3) is 5.91 Å². The maximum Gasteiger partial charge on any atom is 0.416 e. The summed E-state index contributed by atoms with van der Waals surface area (Å²) in [4.78, 5) is 12.0. The molecule has 3 nitrogen and oxygen atoms in total. The predicted molar refractivity (Wildman–Crippen MR) is 74.8 cm³/mol. The van der Waals surface area contributed by atoms with Crippen molar-refractivity contribution in [1.82, 2.24) is 5.32 Å². The molecule has 0 aromatic heterocycles. The summed E-state index contributed by atoms with van der Waals surface area (Å²) >= 11 is 3.09. The van der Waals surface area contributed by atoms with Crippen LogP contribution in [-0.4, -0.2) is 23.7 Å². The van der Waals surface area contributed by atoms with Gasteiger partial charge in [0.1, 0.15) is 0 Å². The molecule has 2 N–H and O–H groups in total. The molecule has 2 atom stereocenters. The van der Waals surface area contributed by atoms with Gasteiger partial charge in [0.2, 0.25) is 0 Å². The van der Waals surface area contributed by atoms with Gasteiger partial charge < -0.3 is 10.4 Å². The summed E-state index contributed by atoms with van der Waals surface area (Å²) in [5.74, 6) is -0.372. The first-order valence-corrected chi connectivity index (χ1v) is 7.39.